The van der Waals surface area contributed by atoms with Gasteiger partial charge in [0.1, 0.15) is 0 Å². The highest BCUT2D eigenvalue weighted by Crippen LogP contribution is 2.42. The van der Waals surface area contributed by atoms with Crippen molar-refractivity contribution >= 4 is 11.8 Å². The number of aromatic nitrogens is 2. The Hall–Kier alpha value is -0.480. The van der Waals surface area contributed by atoms with E-state index < -0.39 is 0 Å². The quantitative estimate of drug-likeness (QED) is 0.845. The highest BCUT2D eigenvalue weighted by molar-refractivity contribution is 8.00. The van der Waals surface area contributed by atoms with Crippen LogP contribution in [0.3, 0.4) is 0 Å². The van der Waals surface area contributed by atoms with Crippen LogP contribution in [0, 0.1) is 0 Å². The molecular weight excluding hydrogens is 230 g/mol. The summed E-state index contributed by atoms with van der Waals surface area (Å²) in [5.74, 6) is 0. The summed E-state index contributed by atoms with van der Waals surface area (Å²) in [5, 5.41) is 3.60. The third-order valence-corrected chi connectivity index (χ3v) is 5.17. The lowest BCUT2D eigenvalue weighted by Crippen LogP contribution is -2.43. The fourth-order valence-electron chi connectivity index (χ4n) is 2.38. The van der Waals surface area contributed by atoms with E-state index in [0.717, 1.165) is 13.1 Å². The van der Waals surface area contributed by atoms with Crippen LogP contribution in [0.5, 0.6) is 0 Å². The highest BCUT2D eigenvalue weighted by Gasteiger charge is 2.35. The summed E-state index contributed by atoms with van der Waals surface area (Å²) in [6, 6.07) is 0.493. The number of imidazole rings is 1. The summed E-state index contributed by atoms with van der Waals surface area (Å²) in [4.78, 5) is 4.23. The van der Waals surface area contributed by atoms with Crippen molar-refractivity contribution in [3.05, 3.63) is 18.2 Å². The molecule has 0 saturated heterocycles. The van der Waals surface area contributed by atoms with Crippen molar-refractivity contribution in [3.8, 4) is 0 Å². The van der Waals surface area contributed by atoms with E-state index in [4.69, 9.17) is 0 Å². The summed E-state index contributed by atoms with van der Waals surface area (Å²) < 4.78 is 2.75. The average Bonchev–Trinajstić information content (AvgIpc) is 2.70. The SMILES string of the molecule is CSC1(CNCc2cncn2C(C)C)CCC1. The minimum atomic E-state index is 0.493. The van der Waals surface area contributed by atoms with Crippen molar-refractivity contribution in [2.45, 2.75) is 50.4 Å². The van der Waals surface area contributed by atoms with E-state index in [9.17, 15) is 0 Å². The number of hydrogen-bond donors (Lipinski definition) is 1. The van der Waals surface area contributed by atoms with E-state index in [1.165, 1.54) is 25.0 Å². The lowest BCUT2D eigenvalue weighted by molar-refractivity contribution is 0.343. The van der Waals surface area contributed by atoms with Crippen LogP contribution in [-0.2, 0) is 6.54 Å². The zero-order valence-electron chi connectivity index (χ0n) is 11.1. The molecule has 2 rings (SSSR count). The van der Waals surface area contributed by atoms with Crippen LogP contribution in [0.15, 0.2) is 12.5 Å². The number of nitrogens with one attached hydrogen (secondary N) is 1. The van der Waals surface area contributed by atoms with Gasteiger partial charge in [-0.1, -0.05) is 6.42 Å². The van der Waals surface area contributed by atoms with Crippen LogP contribution >= 0.6 is 11.8 Å². The summed E-state index contributed by atoms with van der Waals surface area (Å²) in [6.45, 7) is 6.44. The summed E-state index contributed by atoms with van der Waals surface area (Å²) in [5.41, 5.74) is 1.29. The van der Waals surface area contributed by atoms with Gasteiger partial charge in [0, 0.05) is 30.1 Å². The molecule has 1 heterocycles. The molecule has 1 N–H and O–H groups in total. The van der Waals surface area contributed by atoms with Gasteiger partial charge in [0.2, 0.25) is 0 Å². The molecule has 0 aliphatic heterocycles. The monoisotopic (exact) mass is 253 g/mol. The van der Waals surface area contributed by atoms with Gasteiger partial charge in [0.25, 0.3) is 0 Å². The minimum Gasteiger partial charge on any atom is -0.331 e. The molecule has 0 aromatic carbocycles. The molecule has 3 nitrogen and oxygen atoms in total. The van der Waals surface area contributed by atoms with Gasteiger partial charge in [-0.2, -0.15) is 11.8 Å². The molecule has 1 fully saturated rings. The van der Waals surface area contributed by atoms with E-state index in [1.54, 1.807) is 0 Å². The van der Waals surface area contributed by atoms with Crippen molar-refractivity contribution in [2.24, 2.45) is 0 Å². The third kappa shape index (κ3) is 2.86. The summed E-state index contributed by atoms with van der Waals surface area (Å²) in [6.07, 6.45) is 10.3. The molecule has 0 amide bonds. The van der Waals surface area contributed by atoms with Gasteiger partial charge in [-0.25, -0.2) is 4.98 Å². The minimum absolute atomic E-state index is 0.493. The molecule has 0 radical (unpaired) electrons. The van der Waals surface area contributed by atoms with E-state index in [-0.39, 0.29) is 0 Å². The van der Waals surface area contributed by atoms with E-state index >= 15 is 0 Å². The highest BCUT2D eigenvalue weighted by atomic mass is 32.2. The first-order valence-electron chi connectivity index (χ1n) is 6.43. The van der Waals surface area contributed by atoms with Gasteiger partial charge < -0.3 is 9.88 Å². The number of nitrogens with zero attached hydrogens (tertiary/aromatic N) is 2. The zero-order valence-corrected chi connectivity index (χ0v) is 11.9. The van der Waals surface area contributed by atoms with Gasteiger partial charge in [-0.3, -0.25) is 0 Å². The smallest absolute Gasteiger partial charge is 0.0951 e. The first kappa shape index (κ1) is 13.0. The summed E-state index contributed by atoms with van der Waals surface area (Å²) in [7, 11) is 0. The third-order valence-electron chi connectivity index (χ3n) is 3.75. The molecule has 0 spiro atoms. The van der Waals surface area contributed by atoms with E-state index in [2.05, 4.69) is 35.0 Å². The van der Waals surface area contributed by atoms with Crippen LogP contribution in [0.4, 0.5) is 0 Å². The van der Waals surface area contributed by atoms with Crippen molar-refractivity contribution in [1.82, 2.24) is 14.9 Å². The van der Waals surface area contributed by atoms with Crippen molar-refractivity contribution < 1.29 is 0 Å². The Morgan fingerprint density at radius 1 is 1.53 bits per heavy atom. The maximum Gasteiger partial charge on any atom is 0.0951 e. The lowest BCUT2D eigenvalue weighted by Gasteiger charge is -2.40. The number of thioether (sulfide) groups is 1. The summed E-state index contributed by atoms with van der Waals surface area (Å²) >= 11 is 2.02. The molecular formula is C13H23N3S. The van der Waals surface area contributed by atoms with Crippen LogP contribution in [0.2, 0.25) is 0 Å². The van der Waals surface area contributed by atoms with Gasteiger partial charge in [-0.05, 0) is 32.9 Å². The van der Waals surface area contributed by atoms with E-state index in [0.29, 0.717) is 10.8 Å². The fourth-order valence-corrected chi connectivity index (χ4v) is 3.32. The largest absolute Gasteiger partial charge is 0.331 e. The Morgan fingerprint density at radius 3 is 2.82 bits per heavy atom. The molecule has 0 bridgehead atoms. The second-order valence-corrected chi connectivity index (χ2v) is 6.50. The Kier molecular flexibility index (Phi) is 4.15. The Morgan fingerprint density at radius 2 is 2.29 bits per heavy atom. The molecule has 4 heteroatoms. The number of hydrogen-bond acceptors (Lipinski definition) is 3. The normalized spacial score (nSPS) is 18.4. The molecule has 0 atom stereocenters. The molecule has 1 aromatic heterocycles. The van der Waals surface area contributed by atoms with Crippen molar-refractivity contribution in [2.75, 3.05) is 12.8 Å². The van der Waals surface area contributed by atoms with Crippen LogP contribution in [0.25, 0.3) is 0 Å². The Balaban J connectivity index is 1.83. The van der Waals surface area contributed by atoms with Gasteiger partial charge in [0.15, 0.2) is 0 Å². The molecule has 1 aromatic rings. The molecule has 96 valence electrons. The molecule has 0 unspecified atom stereocenters. The van der Waals surface area contributed by atoms with Crippen LogP contribution < -0.4 is 5.32 Å². The average molecular weight is 253 g/mol. The number of rotatable bonds is 6. The van der Waals surface area contributed by atoms with Crippen molar-refractivity contribution in [1.29, 1.82) is 0 Å². The topological polar surface area (TPSA) is 29.9 Å². The second kappa shape index (κ2) is 5.44. The van der Waals surface area contributed by atoms with Crippen LogP contribution in [0.1, 0.15) is 44.8 Å². The second-order valence-electron chi connectivity index (χ2n) is 5.23. The Labute approximate surface area is 108 Å². The maximum absolute atomic E-state index is 4.23. The standard InChI is InChI=1S/C13H23N3S/c1-11(2)16-10-15-8-12(16)7-14-9-13(17-3)5-4-6-13/h8,10-11,14H,4-7,9H2,1-3H3. The van der Waals surface area contributed by atoms with Crippen molar-refractivity contribution in [3.63, 3.8) is 0 Å². The molecule has 1 aliphatic rings. The van der Waals surface area contributed by atoms with Gasteiger partial charge in [0.05, 0.1) is 12.0 Å². The fraction of sp³-hybridized carbons (Fsp3) is 0.769. The first-order chi connectivity index (χ1) is 8.17. The predicted octanol–water partition coefficient (Wildman–Crippen LogP) is 2.84. The van der Waals surface area contributed by atoms with E-state index in [1.807, 2.05) is 24.3 Å². The lowest BCUT2D eigenvalue weighted by atomic mass is 9.84. The zero-order chi connectivity index (χ0) is 12.3. The predicted molar refractivity (Wildman–Crippen MR) is 74.4 cm³/mol. The van der Waals surface area contributed by atoms with Gasteiger partial charge >= 0.3 is 0 Å². The van der Waals surface area contributed by atoms with Crippen LogP contribution in [-0.4, -0.2) is 27.1 Å². The first-order valence-corrected chi connectivity index (χ1v) is 7.66. The molecule has 1 aliphatic carbocycles. The Bertz CT molecular complexity index is 350. The van der Waals surface area contributed by atoms with Gasteiger partial charge in [-0.15, -0.1) is 0 Å². The molecule has 17 heavy (non-hydrogen) atoms. The molecule has 1 saturated carbocycles. The maximum atomic E-state index is 4.23.